The third-order valence-electron chi connectivity index (χ3n) is 7.65. The summed E-state index contributed by atoms with van der Waals surface area (Å²) in [5.41, 5.74) is 2.11. The first-order chi connectivity index (χ1) is 20.1. The number of carbonyl (C=O) groups is 2. The van der Waals surface area contributed by atoms with E-state index in [1.165, 1.54) is 35.2 Å². The molecule has 0 radical (unpaired) electrons. The number of hydrogen-bond acceptors (Lipinski definition) is 4. The number of anilines is 1. The van der Waals surface area contributed by atoms with Crippen LogP contribution in [0.15, 0.2) is 77.7 Å². The summed E-state index contributed by atoms with van der Waals surface area (Å²) in [4.78, 5) is 29.2. The summed E-state index contributed by atoms with van der Waals surface area (Å²) < 4.78 is 29.0. The zero-order valence-electron chi connectivity index (χ0n) is 23.9. The highest BCUT2D eigenvalue weighted by molar-refractivity contribution is 7.92. The summed E-state index contributed by atoms with van der Waals surface area (Å²) in [5.74, 6) is -0.700. The molecule has 1 atom stereocenters. The van der Waals surface area contributed by atoms with Gasteiger partial charge in [-0.05, 0) is 68.5 Å². The molecule has 0 saturated heterocycles. The fourth-order valence-electron chi connectivity index (χ4n) is 5.27. The minimum Gasteiger partial charge on any atom is -0.352 e. The molecule has 3 aromatic carbocycles. The number of aryl methyl sites for hydroxylation is 1. The normalized spacial score (nSPS) is 14.4. The topological polar surface area (TPSA) is 86.8 Å². The summed E-state index contributed by atoms with van der Waals surface area (Å²) in [6, 6.07) is 19.9. The maximum absolute atomic E-state index is 14.2. The Bertz CT molecular complexity index is 1480. The van der Waals surface area contributed by atoms with Crippen molar-refractivity contribution in [2.75, 3.05) is 17.4 Å². The van der Waals surface area contributed by atoms with Gasteiger partial charge >= 0.3 is 0 Å². The van der Waals surface area contributed by atoms with Gasteiger partial charge in [0.2, 0.25) is 11.8 Å². The van der Waals surface area contributed by atoms with E-state index in [4.69, 9.17) is 23.2 Å². The number of rotatable bonds is 12. The molecule has 0 aliphatic heterocycles. The molecule has 1 N–H and O–H groups in total. The van der Waals surface area contributed by atoms with E-state index in [2.05, 4.69) is 5.32 Å². The van der Waals surface area contributed by atoms with Crippen LogP contribution in [-0.2, 0) is 26.0 Å². The van der Waals surface area contributed by atoms with Crippen molar-refractivity contribution < 1.29 is 18.0 Å². The van der Waals surface area contributed by atoms with E-state index in [0.29, 0.717) is 12.8 Å². The molecule has 3 aromatic rings. The highest BCUT2D eigenvalue weighted by atomic mass is 35.5. The lowest BCUT2D eigenvalue weighted by Gasteiger charge is -2.33. The molecule has 1 saturated carbocycles. The van der Waals surface area contributed by atoms with Gasteiger partial charge in [0, 0.05) is 12.6 Å². The van der Waals surface area contributed by atoms with Crippen molar-refractivity contribution in [1.82, 2.24) is 10.2 Å². The molecule has 1 fully saturated rings. The van der Waals surface area contributed by atoms with Crippen LogP contribution in [0.3, 0.4) is 0 Å². The van der Waals surface area contributed by atoms with Crippen molar-refractivity contribution in [3.05, 3.63) is 94.0 Å². The van der Waals surface area contributed by atoms with Crippen LogP contribution in [0.5, 0.6) is 0 Å². The van der Waals surface area contributed by atoms with Crippen molar-refractivity contribution in [1.29, 1.82) is 0 Å². The predicted octanol–water partition coefficient (Wildman–Crippen LogP) is 6.41. The average Bonchev–Trinajstić information content (AvgIpc) is 3.49. The van der Waals surface area contributed by atoms with E-state index in [-0.39, 0.29) is 39.1 Å². The minimum atomic E-state index is -4.18. The lowest BCUT2D eigenvalue weighted by Crippen LogP contribution is -2.54. The largest absolute Gasteiger partial charge is 0.352 e. The highest BCUT2D eigenvalue weighted by Crippen LogP contribution is 2.31. The Balaban J connectivity index is 1.69. The van der Waals surface area contributed by atoms with Crippen molar-refractivity contribution >= 4 is 50.7 Å². The Hall–Kier alpha value is -3.07. The summed E-state index contributed by atoms with van der Waals surface area (Å²) in [6.45, 7) is 3.46. The first-order valence-corrected chi connectivity index (χ1v) is 16.5. The summed E-state index contributed by atoms with van der Waals surface area (Å²) in [6.07, 6.45) is 4.86. The maximum Gasteiger partial charge on any atom is 0.264 e. The fourth-order valence-corrected chi connectivity index (χ4v) is 6.97. The Morgan fingerprint density at radius 1 is 0.952 bits per heavy atom. The van der Waals surface area contributed by atoms with E-state index in [1.54, 1.807) is 12.1 Å². The molecule has 10 heteroatoms. The van der Waals surface area contributed by atoms with E-state index in [9.17, 15) is 18.0 Å². The second kappa shape index (κ2) is 14.4. The van der Waals surface area contributed by atoms with Gasteiger partial charge < -0.3 is 10.2 Å². The van der Waals surface area contributed by atoms with E-state index in [1.807, 2.05) is 44.2 Å². The number of hydrogen-bond donors (Lipinski definition) is 1. The molecule has 0 bridgehead atoms. The molecule has 42 heavy (non-hydrogen) atoms. The van der Waals surface area contributed by atoms with Gasteiger partial charge in [0.1, 0.15) is 12.6 Å². The Morgan fingerprint density at radius 3 is 2.24 bits per heavy atom. The van der Waals surface area contributed by atoms with Gasteiger partial charge in [-0.2, -0.15) is 0 Å². The third kappa shape index (κ3) is 7.85. The zero-order chi connectivity index (χ0) is 30.3. The van der Waals surface area contributed by atoms with Crippen LogP contribution in [0, 0.1) is 6.92 Å². The quantitative estimate of drug-likeness (QED) is 0.251. The van der Waals surface area contributed by atoms with Crippen molar-refractivity contribution in [3.63, 3.8) is 0 Å². The van der Waals surface area contributed by atoms with Gasteiger partial charge in [-0.15, -0.1) is 0 Å². The van der Waals surface area contributed by atoms with Crippen LogP contribution in [0.25, 0.3) is 0 Å². The van der Waals surface area contributed by atoms with Crippen LogP contribution >= 0.6 is 23.2 Å². The van der Waals surface area contributed by atoms with E-state index in [0.717, 1.165) is 41.1 Å². The monoisotopic (exact) mass is 629 g/mol. The minimum absolute atomic E-state index is 0.0359. The molecule has 1 aliphatic rings. The number of amides is 2. The molecule has 224 valence electrons. The van der Waals surface area contributed by atoms with Crippen molar-refractivity contribution in [2.24, 2.45) is 0 Å². The third-order valence-corrected chi connectivity index (χ3v) is 10.2. The summed E-state index contributed by atoms with van der Waals surface area (Å²) in [5, 5.41) is 3.55. The van der Waals surface area contributed by atoms with Gasteiger partial charge in [-0.1, -0.05) is 91.0 Å². The molecule has 0 spiro atoms. The number of carbonyl (C=O) groups excluding carboxylic acids is 2. The standard InChI is InChI=1S/C32H37Cl2N3O4S/c1-3-30(32(39)35-25-11-7-8-12-25)36(20-19-24-9-5-4-6-10-24)31(38)22-37(26-15-18-28(33)29(34)21-26)42(40,41)27-16-13-23(2)14-17-27/h4-6,9-10,13-18,21,25,30H,3,7-8,11-12,19-20,22H2,1-2H3,(H,35,39). The Labute approximate surface area is 258 Å². The van der Waals surface area contributed by atoms with Crippen LogP contribution in [0.2, 0.25) is 10.0 Å². The van der Waals surface area contributed by atoms with Crippen LogP contribution in [-0.4, -0.2) is 50.3 Å². The molecule has 4 rings (SSSR count). The number of sulfonamides is 1. The van der Waals surface area contributed by atoms with Crippen LogP contribution in [0.4, 0.5) is 5.69 Å². The average molecular weight is 631 g/mol. The number of nitrogens with one attached hydrogen (secondary N) is 1. The Morgan fingerprint density at radius 2 is 1.62 bits per heavy atom. The summed E-state index contributed by atoms with van der Waals surface area (Å²) in [7, 11) is -4.18. The van der Waals surface area contributed by atoms with Crippen molar-refractivity contribution in [3.8, 4) is 0 Å². The molecule has 0 aromatic heterocycles. The predicted molar refractivity (Wildman–Crippen MR) is 169 cm³/mol. The zero-order valence-corrected chi connectivity index (χ0v) is 26.3. The smallest absolute Gasteiger partial charge is 0.264 e. The second-order valence-electron chi connectivity index (χ2n) is 10.7. The number of halogens is 2. The fraction of sp³-hybridized carbons (Fsp3) is 0.375. The number of nitrogens with zero attached hydrogens (tertiary/aromatic N) is 2. The van der Waals surface area contributed by atoms with Crippen LogP contribution in [0.1, 0.15) is 50.2 Å². The number of benzene rings is 3. The summed E-state index contributed by atoms with van der Waals surface area (Å²) >= 11 is 12.4. The van der Waals surface area contributed by atoms with Crippen LogP contribution < -0.4 is 9.62 Å². The molecule has 0 heterocycles. The van der Waals surface area contributed by atoms with Gasteiger partial charge in [0.05, 0.1) is 20.6 Å². The Kier molecular flexibility index (Phi) is 10.9. The molecular weight excluding hydrogens is 593 g/mol. The lowest BCUT2D eigenvalue weighted by atomic mass is 10.1. The first kappa shape index (κ1) is 31.9. The van der Waals surface area contributed by atoms with E-state index >= 15 is 0 Å². The second-order valence-corrected chi connectivity index (χ2v) is 13.3. The van der Waals surface area contributed by atoms with Gasteiger partial charge in [-0.3, -0.25) is 13.9 Å². The van der Waals surface area contributed by atoms with Crippen molar-refractivity contribution in [2.45, 2.75) is 69.4 Å². The van der Waals surface area contributed by atoms with Gasteiger partial charge in [0.15, 0.2) is 0 Å². The first-order valence-electron chi connectivity index (χ1n) is 14.3. The molecule has 1 aliphatic carbocycles. The van der Waals surface area contributed by atoms with Gasteiger partial charge in [-0.25, -0.2) is 8.42 Å². The SMILES string of the molecule is CCC(C(=O)NC1CCCC1)N(CCc1ccccc1)C(=O)CN(c1ccc(Cl)c(Cl)c1)S(=O)(=O)c1ccc(C)cc1. The lowest BCUT2D eigenvalue weighted by molar-refractivity contribution is -0.139. The molecule has 7 nitrogen and oxygen atoms in total. The van der Waals surface area contributed by atoms with E-state index < -0.39 is 28.5 Å². The molecule has 1 unspecified atom stereocenters. The molecule has 2 amide bonds. The van der Waals surface area contributed by atoms with Gasteiger partial charge in [0.25, 0.3) is 10.0 Å². The highest BCUT2D eigenvalue weighted by Gasteiger charge is 2.34. The molecular formula is C32H37Cl2N3O4S. The maximum atomic E-state index is 14.2.